The Balaban J connectivity index is 1.59. The van der Waals surface area contributed by atoms with Crippen LogP contribution in [0.5, 0.6) is 5.75 Å². The first-order chi connectivity index (χ1) is 11.6. The van der Waals surface area contributed by atoms with Crippen LogP contribution in [0.1, 0.15) is 11.1 Å². The second-order valence-corrected chi connectivity index (χ2v) is 6.45. The molecule has 0 aliphatic rings. The number of hydrogen-bond donors (Lipinski definition) is 1. The van der Waals surface area contributed by atoms with Gasteiger partial charge in [0.25, 0.3) is 0 Å². The fourth-order valence-electron chi connectivity index (χ4n) is 2.07. The first-order valence-electron chi connectivity index (χ1n) is 7.24. The number of aromatic nitrogens is 4. The number of anilines is 1. The maximum atomic E-state index is 5.88. The van der Waals surface area contributed by atoms with Gasteiger partial charge < -0.3 is 10.1 Å². The molecule has 24 heavy (non-hydrogen) atoms. The Morgan fingerprint density at radius 1 is 1.17 bits per heavy atom. The smallest absolute Gasteiger partial charge is 0.242 e. The summed E-state index contributed by atoms with van der Waals surface area (Å²) < 4.78 is 8.32. The number of tetrazole rings is 1. The molecule has 0 aliphatic carbocycles. The average Bonchev–Trinajstić information content (AvgIpc) is 2.99. The highest BCUT2D eigenvalue weighted by Gasteiger charge is 2.05. The SMILES string of the molecule is Cn1nnnc1NCc1ccc(OCc2ccc(Cl)cc2)c(Br)c1. The molecule has 0 amide bonds. The van der Waals surface area contributed by atoms with E-state index in [2.05, 4.69) is 36.8 Å². The van der Waals surface area contributed by atoms with Crippen LogP contribution >= 0.6 is 27.5 Å². The van der Waals surface area contributed by atoms with Crippen LogP contribution in [0.15, 0.2) is 46.9 Å². The third-order valence-electron chi connectivity index (χ3n) is 3.37. The summed E-state index contributed by atoms with van der Waals surface area (Å²) in [5.74, 6) is 1.41. The predicted octanol–water partition coefficient (Wildman–Crippen LogP) is 3.82. The first-order valence-corrected chi connectivity index (χ1v) is 8.41. The van der Waals surface area contributed by atoms with Gasteiger partial charge in [-0.25, -0.2) is 4.68 Å². The molecule has 1 aromatic heterocycles. The minimum absolute atomic E-state index is 0.484. The van der Waals surface area contributed by atoms with Crippen molar-refractivity contribution in [2.75, 3.05) is 5.32 Å². The van der Waals surface area contributed by atoms with E-state index in [0.717, 1.165) is 26.4 Å². The van der Waals surface area contributed by atoms with Gasteiger partial charge in [-0.1, -0.05) is 34.9 Å². The number of aryl methyl sites for hydroxylation is 1. The van der Waals surface area contributed by atoms with E-state index in [0.29, 0.717) is 19.1 Å². The van der Waals surface area contributed by atoms with Crippen molar-refractivity contribution in [2.45, 2.75) is 13.2 Å². The predicted molar refractivity (Wildman–Crippen MR) is 96.1 cm³/mol. The zero-order chi connectivity index (χ0) is 16.9. The van der Waals surface area contributed by atoms with Gasteiger partial charge in [0.1, 0.15) is 12.4 Å². The number of nitrogens with zero attached hydrogens (tertiary/aromatic N) is 4. The number of ether oxygens (including phenoxy) is 1. The molecule has 3 rings (SSSR count). The van der Waals surface area contributed by atoms with E-state index in [1.165, 1.54) is 0 Å². The molecule has 0 radical (unpaired) electrons. The molecule has 1 heterocycles. The van der Waals surface area contributed by atoms with E-state index < -0.39 is 0 Å². The number of hydrogen-bond acceptors (Lipinski definition) is 5. The summed E-state index contributed by atoms with van der Waals surface area (Å²) in [5.41, 5.74) is 2.15. The Kier molecular flexibility index (Phi) is 5.32. The third kappa shape index (κ3) is 4.24. The minimum Gasteiger partial charge on any atom is -0.488 e. The summed E-state index contributed by atoms with van der Waals surface area (Å²) in [6.07, 6.45) is 0. The Morgan fingerprint density at radius 3 is 2.58 bits per heavy atom. The molecule has 1 N–H and O–H groups in total. The van der Waals surface area contributed by atoms with E-state index in [-0.39, 0.29) is 0 Å². The van der Waals surface area contributed by atoms with Gasteiger partial charge in [-0.05, 0) is 61.7 Å². The lowest BCUT2D eigenvalue weighted by atomic mass is 10.2. The van der Waals surface area contributed by atoms with Gasteiger partial charge in [-0.15, -0.1) is 0 Å². The molecule has 3 aromatic rings. The first kappa shape index (κ1) is 16.7. The molecule has 124 valence electrons. The van der Waals surface area contributed by atoms with E-state index in [1.54, 1.807) is 11.7 Å². The zero-order valence-corrected chi connectivity index (χ0v) is 15.3. The van der Waals surface area contributed by atoms with Gasteiger partial charge in [-0.2, -0.15) is 0 Å². The molecule has 6 nitrogen and oxygen atoms in total. The Morgan fingerprint density at radius 2 is 1.92 bits per heavy atom. The molecule has 0 unspecified atom stereocenters. The fraction of sp³-hybridized carbons (Fsp3) is 0.188. The highest BCUT2D eigenvalue weighted by atomic mass is 79.9. The van der Waals surface area contributed by atoms with Gasteiger partial charge in [0, 0.05) is 18.6 Å². The highest BCUT2D eigenvalue weighted by molar-refractivity contribution is 9.10. The molecule has 0 atom stereocenters. The van der Waals surface area contributed by atoms with Crippen LogP contribution in [-0.4, -0.2) is 20.2 Å². The maximum absolute atomic E-state index is 5.88. The van der Waals surface area contributed by atoms with Crippen LogP contribution in [0, 0.1) is 0 Å². The molecule has 0 bridgehead atoms. The van der Waals surface area contributed by atoms with E-state index in [4.69, 9.17) is 16.3 Å². The normalized spacial score (nSPS) is 10.6. The Bertz CT molecular complexity index is 822. The van der Waals surface area contributed by atoms with E-state index in [9.17, 15) is 0 Å². The summed E-state index contributed by atoms with van der Waals surface area (Å²) in [7, 11) is 1.78. The maximum Gasteiger partial charge on any atom is 0.242 e. The lowest BCUT2D eigenvalue weighted by Crippen LogP contribution is -2.06. The van der Waals surface area contributed by atoms with Gasteiger partial charge >= 0.3 is 0 Å². The molecular formula is C16H15BrClN5O. The van der Waals surface area contributed by atoms with Crippen molar-refractivity contribution in [2.24, 2.45) is 7.05 Å². The fourth-order valence-corrected chi connectivity index (χ4v) is 2.74. The van der Waals surface area contributed by atoms with Gasteiger partial charge in [-0.3, -0.25) is 0 Å². The minimum atomic E-state index is 0.484. The largest absolute Gasteiger partial charge is 0.488 e. The monoisotopic (exact) mass is 407 g/mol. The lowest BCUT2D eigenvalue weighted by molar-refractivity contribution is 0.304. The quantitative estimate of drug-likeness (QED) is 0.672. The van der Waals surface area contributed by atoms with Crippen LogP contribution in [-0.2, 0) is 20.2 Å². The number of nitrogens with one attached hydrogen (secondary N) is 1. The number of benzene rings is 2. The molecule has 8 heteroatoms. The van der Waals surface area contributed by atoms with Crippen LogP contribution < -0.4 is 10.1 Å². The number of rotatable bonds is 6. The molecule has 0 fully saturated rings. The zero-order valence-electron chi connectivity index (χ0n) is 12.9. The topological polar surface area (TPSA) is 64.9 Å². The van der Waals surface area contributed by atoms with Crippen LogP contribution in [0.4, 0.5) is 5.95 Å². The molecule has 2 aromatic carbocycles. The van der Waals surface area contributed by atoms with Gasteiger partial charge in [0.15, 0.2) is 0 Å². The van der Waals surface area contributed by atoms with Crippen molar-refractivity contribution in [3.63, 3.8) is 0 Å². The summed E-state index contributed by atoms with van der Waals surface area (Å²) in [6, 6.07) is 13.5. The summed E-state index contributed by atoms with van der Waals surface area (Å²) >= 11 is 9.43. The van der Waals surface area contributed by atoms with E-state index in [1.807, 2.05) is 42.5 Å². The summed E-state index contributed by atoms with van der Waals surface area (Å²) in [6.45, 7) is 1.10. The van der Waals surface area contributed by atoms with E-state index >= 15 is 0 Å². The van der Waals surface area contributed by atoms with Crippen molar-refractivity contribution < 1.29 is 4.74 Å². The van der Waals surface area contributed by atoms with Crippen LogP contribution in [0.2, 0.25) is 5.02 Å². The summed E-state index contributed by atoms with van der Waals surface area (Å²) in [5, 5.41) is 15.1. The van der Waals surface area contributed by atoms with Crippen molar-refractivity contribution >= 4 is 33.5 Å². The van der Waals surface area contributed by atoms with Crippen molar-refractivity contribution in [1.29, 1.82) is 0 Å². The van der Waals surface area contributed by atoms with Crippen LogP contribution in [0.3, 0.4) is 0 Å². The van der Waals surface area contributed by atoms with Crippen molar-refractivity contribution in [3.05, 3.63) is 63.1 Å². The standard InChI is InChI=1S/C16H15BrClN5O/c1-23-16(20-21-22-23)19-9-12-4-7-15(14(17)8-12)24-10-11-2-5-13(18)6-3-11/h2-8H,9-10H2,1H3,(H,19,20,22). The van der Waals surface area contributed by atoms with Crippen LogP contribution in [0.25, 0.3) is 0 Å². The highest BCUT2D eigenvalue weighted by Crippen LogP contribution is 2.27. The van der Waals surface area contributed by atoms with Crippen molar-refractivity contribution in [1.82, 2.24) is 20.2 Å². The van der Waals surface area contributed by atoms with Gasteiger partial charge in [0.2, 0.25) is 5.95 Å². The average molecular weight is 409 g/mol. The number of halogens is 2. The molecule has 0 spiro atoms. The molecular weight excluding hydrogens is 394 g/mol. The lowest BCUT2D eigenvalue weighted by Gasteiger charge is -2.10. The molecule has 0 saturated heterocycles. The Hall–Kier alpha value is -2.12. The second kappa shape index (κ2) is 7.63. The summed E-state index contributed by atoms with van der Waals surface area (Å²) in [4.78, 5) is 0. The van der Waals surface area contributed by atoms with Gasteiger partial charge in [0.05, 0.1) is 4.47 Å². The van der Waals surface area contributed by atoms with Crippen molar-refractivity contribution in [3.8, 4) is 5.75 Å². The second-order valence-electron chi connectivity index (χ2n) is 5.16. The third-order valence-corrected chi connectivity index (χ3v) is 4.25. The molecule has 0 saturated carbocycles. The Labute approximate surface area is 152 Å². The molecule has 0 aliphatic heterocycles.